The van der Waals surface area contributed by atoms with E-state index in [-0.39, 0.29) is 29.1 Å². The van der Waals surface area contributed by atoms with Crippen molar-refractivity contribution < 1.29 is 27.5 Å². The number of carbonyl (C=O) groups excluding carboxylic acids is 2. The highest BCUT2D eigenvalue weighted by Gasteiger charge is 2.34. The predicted octanol–water partition coefficient (Wildman–Crippen LogP) is 4.99. The summed E-state index contributed by atoms with van der Waals surface area (Å²) >= 11 is 0. The van der Waals surface area contributed by atoms with E-state index in [1.54, 1.807) is 19.1 Å². The van der Waals surface area contributed by atoms with Gasteiger partial charge in [-0.15, -0.1) is 0 Å². The van der Waals surface area contributed by atoms with Crippen molar-refractivity contribution in [3.63, 3.8) is 0 Å². The lowest BCUT2D eigenvalue weighted by Gasteiger charge is -2.32. The van der Waals surface area contributed by atoms with Crippen LogP contribution in [-0.4, -0.2) is 58.0 Å². The van der Waals surface area contributed by atoms with E-state index in [9.17, 15) is 18.0 Å². The first kappa shape index (κ1) is 31.9. The zero-order chi connectivity index (χ0) is 31.1. The van der Waals surface area contributed by atoms with Crippen LogP contribution in [0.1, 0.15) is 49.3 Å². The van der Waals surface area contributed by atoms with E-state index in [0.29, 0.717) is 11.4 Å². The third-order valence-corrected chi connectivity index (χ3v) is 9.55. The molecule has 0 aliphatic heterocycles. The van der Waals surface area contributed by atoms with E-state index in [2.05, 4.69) is 5.32 Å². The minimum atomic E-state index is -4.26. The summed E-state index contributed by atoms with van der Waals surface area (Å²) in [6.45, 7) is 5.08. The SMILES string of the molecule is COc1ccc(S(=O)(=O)N(CC(=O)N(Cc2ccccc2)[C@H](C)C(=O)NC2CCCC2)c2cc(C)cc(C)c2)cc1OC. The third kappa shape index (κ3) is 7.67. The number of amides is 2. The fourth-order valence-electron chi connectivity index (χ4n) is 5.48. The van der Waals surface area contributed by atoms with Crippen LogP contribution in [0.25, 0.3) is 0 Å². The van der Waals surface area contributed by atoms with Crippen molar-refractivity contribution >= 4 is 27.5 Å². The van der Waals surface area contributed by atoms with E-state index in [4.69, 9.17) is 9.47 Å². The summed E-state index contributed by atoms with van der Waals surface area (Å²) in [6.07, 6.45) is 3.94. The molecule has 0 bridgehead atoms. The van der Waals surface area contributed by atoms with E-state index >= 15 is 0 Å². The molecule has 4 rings (SSSR count). The van der Waals surface area contributed by atoms with Gasteiger partial charge in [0.15, 0.2) is 11.5 Å². The molecule has 9 nitrogen and oxygen atoms in total. The standard InChI is InChI=1S/C33H41N3O6S/c1-23-17-24(2)19-28(18-23)36(43(39,40)29-15-16-30(41-4)31(20-29)42-5)22-32(37)35(21-26-11-7-6-8-12-26)25(3)33(38)34-27-13-9-10-14-27/h6-8,11-12,15-20,25,27H,9-10,13-14,21-22H2,1-5H3,(H,34,38)/t25-/m1/s1. The molecule has 1 aliphatic rings. The molecule has 1 aliphatic carbocycles. The number of sulfonamides is 1. The van der Waals surface area contributed by atoms with Gasteiger partial charge in [0.2, 0.25) is 11.8 Å². The van der Waals surface area contributed by atoms with Crippen LogP contribution < -0.4 is 19.1 Å². The lowest BCUT2D eigenvalue weighted by atomic mass is 10.1. The van der Waals surface area contributed by atoms with Crippen LogP contribution >= 0.6 is 0 Å². The molecule has 1 N–H and O–H groups in total. The Morgan fingerprint density at radius 3 is 2.14 bits per heavy atom. The Hall–Kier alpha value is -4.05. The lowest BCUT2D eigenvalue weighted by Crippen LogP contribution is -2.52. The van der Waals surface area contributed by atoms with Gasteiger partial charge in [0.25, 0.3) is 10.0 Å². The van der Waals surface area contributed by atoms with Gasteiger partial charge in [-0.2, -0.15) is 0 Å². The quantitative estimate of drug-likeness (QED) is 0.311. The largest absolute Gasteiger partial charge is 0.493 e. The lowest BCUT2D eigenvalue weighted by molar-refractivity contribution is -0.139. The van der Waals surface area contributed by atoms with Gasteiger partial charge in [-0.1, -0.05) is 49.2 Å². The fraction of sp³-hybridized carbons (Fsp3) is 0.394. The van der Waals surface area contributed by atoms with Crippen LogP contribution in [0.5, 0.6) is 11.5 Å². The maximum Gasteiger partial charge on any atom is 0.264 e. The average molecular weight is 608 g/mol. The molecule has 0 saturated heterocycles. The molecule has 3 aromatic rings. The van der Waals surface area contributed by atoms with Crippen molar-refractivity contribution in [2.45, 2.75) is 70.0 Å². The molecule has 10 heteroatoms. The summed E-state index contributed by atoms with van der Waals surface area (Å²) < 4.78 is 40.3. The van der Waals surface area contributed by atoms with Gasteiger partial charge in [0, 0.05) is 18.7 Å². The molecule has 0 aromatic heterocycles. The second kappa shape index (κ2) is 13.9. The Morgan fingerprint density at radius 1 is 0.907 bits per heavy atom. The summed E-state index contributed by atoms with van der Waals surface area (Å²) in [5.74, 6) is -0.122. The van der Waals surface area contributed by atoms with Gasteiger partial charge in [0.05, 0.1) is 24.8 Å². The first-order valence-corrected chi connectivity index (χ1v) is 15.9. The topological polar surface area (TPSA) is 105 Å². The van der Waals surface area contributed by atoms with Crippen molar-refractivity contribution in [2.24, 2.45) is 0 Å². The van der Waals surface area contributed by atoms with Gasteiger partial charge in [-0.3, -0.25) is 13.9 Å². The third-order valence-electron chi connectivity index (χ3n) is 7.78. The van der Waals surface area contributed by atoms with E-state index in [1.165, 1.54) is 37.3 Å². The fourth-order valence-corrected chi connectivity index (χ4v) is 6.90. The van der Waals surface area contributed by atoms with Gasteiger partial charge in [0.1, 0.15) is 12.6 Å². The van der Waals surface area contributed by atoms with Crippen molar-refractivity contribution in [1.82, 2.24) is 10.2 Å². The maximum absolute atomic E-state index is 14.3. The van der Waals surface area contributed by atoms with Crippen LogP contribution in [-0.2, 0) is 26.2 Å². The maximum atomic E-state index is 14.3. The summed E-state index contributed by atoms with van der Waals surface area (Å²) in [5, 5.41) is 3.09. The highest BCUT2D eigenvalue weighted by atomic mass is 32.2. The molecule has 0 radical (unpaired) electrons. The molecule has 0 spiro atoms. The van der Waals surface area contributed by atoms with Crippen molar-refractivity contribution in [1.29, 1.82) is 0 Å². The van der Waals surface area contributed by atoms with Crippen LogP contribution in [0.2, 0.25) is 0 Å². The Balaban J connectivity index is 1.73. The first-order chi connectivity index (χ1) is 20.5. The van der Waals surface area contributed by atoms with Crippen LogP contribution in [0, 0.1) is 13.8 Å². The molecule has 2 amide bonds. The molecule has 230 valence electrons. The van der Waals surface area contributed by atoms with Gasteiger partial charge in [-0.05, 0) is 74.6 Å². The van der Waals surface area contributed by atoms with Crippen molar-refractivity contribution in [2.75, 3.05) is 25.1 Å². The number of aryl methyl sites for hydroxylation is 2. The molecular weight excluding hydrogens is 566 g/mol. The van der Waals surface area contributed by atoms with Crippen LogP contribution in [0.4, 0.5) is 5.69 Å². The molecule has 3 aromatic carbocycles. The van der Waals surface area contributed by atoms with Crippen molar-refractivity contribution in [3.05, 3.63) is 83.4 Å². The number of ether oxygens (including phenoxy) is 2. The first-order valence-electron chi connectivity index (χ1n) is 14.5. The smallest absolute Gasteiger partial charge is 0.264 e. The summed E-state index contributed by atoms with van der Waals surface area (Å²) in [7, 11) is -1.36. The number of anilines is 1. The Labute approximate surface area is 254 Å². The number of nitrogens with zero attached hydrogens (tertiary/aromatic N) is 2. The Kier molecular flexibility index (Phi) is 10.3. The minimum Gasteiger partial charge on any atom is -0.493 e. The molecule has 0 heterocycles. The molecule has 1 saturated carbocycles. The van der Waals surface area contributed by atoms with Gasteiger partial charge < -0.3 is 19.7 Å². The molecule has 0 unspecified atom stereocenters. The molecule has 1 fully saturated rings. The number of nitrogens with one attached hydrogen (secondary N) is 1. The predicted molar refractivity (Wildman–Crippen MR) is 167 cm³/mol. The Morgan fingerprint density at radius 2 is 1.53 bits per heavy atom. The van der Waals surface area contributed by atoms with E-state index < -0.39 is 28.5 Å². The summed E-state index contributed by atoms with van der Waals surface area (Å²) in [6, 6.07) is 18.4. The average Bonchev–Trinajstić information content (AvgIpc) is 3.50. The summed E-state index contributed by atoms with van der Waals surface area (Å²) in [5.41, 5.74) is 2.88. The number of hydrogen-bond acceptors (Lipinski definition) is 6. The second-order valence-electron chi connectivity index (χ2n) is 11.0. The van der Waals surface area contributed by atoms with E-state index in [1.807, 2.05) is 50.2 Å². The monoisotopic (exact) mass is 607 g/mol. The van der Waals surface area contributed by atoms with Crippen LogP contribution in [0.3, 0.4) is 0 Å². The van der Waals surface area contributed by atoms with Crippen molar-refractivity contribution in [3.8, 4) is 11.5 Å². The number of carbonyl (C=O) groups is 2. The zero-order valence-electron chi connectivity index (χ0n) is 25.5. The Bertz CT molecular complexity index is 1520. The molecular formula is C33H41N3O6S. The van der Waals surface area contributed by atoms with Crippen LogP contribution in [0.15, 0.2) is 71.6 Å². The number of methoxy groups -OCH3 is 2. The van der Waals surface area contributed by atoms with Gasteiger partial charge >= 0.3 is 0 Å². The number of rotatable bonds is 12. The number of benzene rings is 3. The highest BCUT2D eigenvalue weighted by molar-refractivity contribution is 7.92. The van der Waals surface area contributed by atoms with E-state index in [0.717, 1.165) is 46.7 Å². The molecule has 1 atom stereocenters. The minimum absolute atomic E-state index is 0.0567. The number of hydrogen-bond donors (Lipinski definition) is 1. The molecule has 43 heavy (non-hydrogen) atoms. The zero-order valence-corrected chi connectivity index (χ0v) is 26.3. The highest BCUT2D eigenvalue weighted by Crippen LogP contribution is 2.33. The van der Waals surface area contributed by atoms with Gasteiger partial charge in [-0.25, -0.2) is 8.42 Å². The summed E-state index contributed by atoms with van der Waals surface area (Å²) in [4.78, 5) is 28.9. The second-order valence-corrected chi connectivity index (χ2v) is 12.9. The normalized spacial score (nSPS) is 14.2.